The average Bonchev–Trinajstić information content (AvgIpc) is 2.80. The van der Waals surface area contributed by atoms with Crippen molar-refractivity contribution >= 4 is 34.6 Å². The molecular formula is C16H20N2O2S. The van der Waals surface area contributed by atoms with Crippen molar-refractivity contribution in [2.45, 2.75) is 32.8 Å². The fraction of sp³-hybridized carbons (Fsp3) is 0.375. The molecule has 5 heteroatoms. The summed E-state index contributed by atoms with van der Waals surface area (Å²) in [4.78, 5) is 14.3. The zero-order valence-corrected chi connectivity index (χ0v) is 13.2. The predicted octanol–water partition coefficient (Wildman–Crippen LogP) is 3.13. The van der Waals surface area contributed by atoms with Gasteiger partial charge in [-0.3, -0.25) is 4.79 Å². The monoisotopic (exact) mass is 304 g/mol. The minimum Gasteiger partial charge on any atom is -0.457 e. The summed E-state index contributed by atoms with van der Waals surface area (Å²) >= 11 is 5.11. The molecule has 2 rings (SSSR count). The average molecular weight is 304 g/mol. The fourth-order valence-electron chi connectivity index (χ4n) is 2.80. The normalized spacial score (nSPS) is 14.6. The van der Waals surface area contributed by atoms with E-state index in [1.807, 2.05) is 30.5 Å². The quantitative estimate of drug-likeness (QED) is 0.658. The lowest BCUT2D eigenvalue weighted by Gasteiger charge is -2.35. The van der Waals surface area contributed by atoms with E-state index in [1.54, 1.807) is 0 Å². The van der Waals surface area contributed by atoms with Gasteiger partial charge < -0.3 is 15.5 Å². The van der Waals surface area contributed by atoms with Crippen LogP contribution in [0.4, 0.5) is 0 Å². The minimum absolute atomic E-state index is 0.128. The second-order valence-corrected chi connectivity index (χ2v) is 6.66. The number of carbonyl (C=O) groups is 1. The van der Waals surface area contributed by atoms with Crippen molar-refractivity contribution in [1.29, 1.82) is 0 Å². The Kier molecular flexibility index (Phi) is 4.32. The number of aromatic nitrogens is 1. The van der Waals surface area contributed by atoms with Crippen LogP contribution in [0, 0.1) is 5.41 Å². The smallest absolute Gasteiger partial charge is 0.293 e. The predicted molar refractivity (Wildman–Crippen MR) is 88.2 cm³/mol. The molecule has 1 aromatic heterocycles. The van der Waals surface area contributed by atoms with E-state index in [2.05, 4.69) is 25.8 Å². The molecule has 0 saturated carbocycles. The number of aromatic amines is 1. The second kappa shape index (κ2) is 5.85. The molecule has 1 aromatic carbocycles. The molecule has 4 nitrogen and oxygen atoms in total. The number of fused-ring (bicyclic) bond motifs is 1. The zero-order valence-electron chi connectivity index (χ0n) is 12.4. The molecule has 1 heterocycles. The number of ether oxygens (including phenoxy) is 1. The van der Waals surface area contributed by atoms with Crippen LogP contribution in [0.5, 0.6) is 0 Å². The SMILES string of the molecule is CC(C)(C)C(c1c[nH]c2ccccc12)[C@H](OC=O)C(N)=S. The number of hydrogen-bond acceptors (Lipinski definition) is 3. The van der Waals surface area contributed by atoms with E-state index in [4.69, 9.17) is 22.7 Å². The first-order valence-corrected chi connectivity index (χ1v) is 7.21. The first-order chi connectivity index (χ1) is 9.86. The third-order valence-electron chi connectivity index (χ3n) is 3.67. The van der Waals surface area contributed by atoms with Crippen molar-refractivity contribution in [2.24, 2.45) is 11.1 Å². The summed E-state index contributed by atoms with van der Waals surface area (Å²) in [6.07, 6.45) is 1.32. The molecule has 0 fully saturated rings. The second-order valence-electron chi connectivity index (χ2n) is 6.19. The van der Waals surface area contributed by atoms with Gasteiger partial charge in [0.05, 0.1) is 0 Å². The van der Waals surface area contributed by atoms with Crippen LogP contribution in [0.1, 0.15) is 32.3 Å². The van der Waals surface area contributed by atoms with Crippen molar-refractivity contribution in [1.82, 2.24) is 4.98 Å². The number of rotatable bonds is 5. The van der Waals surface area contributed by atoms with Gasteiger partial charge in [-0.05, 0) is 17.0 Å². The maximum absolute atomic E-state index is 10.8. The van der Waals surface area contributed by atoms with Gasteiger partial charge in [0.15, 0.2) is 6.10 Å². The third kappa shape index (κ3) is 3.08. The molecular weight excluding hydrogens is 284 g/mol. The Morgan fingerprint density at radius 3 is 2.62 bits per heavy atom. The topological polar surface area (TPSA) is 68.1 Å². The van der Waals surface area contributed by atoms with Gasteiger partial charge in [-0.15, -0.1) is 0 Å². The first kappa shape index (κ1) is 15.5. The number of nitrogens with one attached hydrogen (secondary N) is 1. The van der Waals surface area contributed by atoms with Crippen molar-refractivity contribution in [3.05, 3.63) is 36.0 Å². The summed E-state index contributed by atoms with van der Waals surface area (Å²) in [5.41, 5.74) is 7.72. The molecule has 0 aliphatic heterocycles. The van der Waals surface area contributed by atoms with Crippen LogP contribution in [0.3, 0.4) is 0 Å². The summed E-state index contributed by atoms with van der Waals surface area (Å²) in [5, 5.41) is 1.09. The Labute approximate surface area is 129 Å². The van der Waals surface area contributed by atoms with Gasteiger partial charge in [0, 0.05) is 23.0 Å². The summed E-state index contributed by atoms with van der Waals surface area (Å²) in [6, 6.07) is 8.00. The molecule has 3 N–H and O–H groups in total. The van der Waals surface area contributed by atoms with Crippen LogP contribution in [-0.2, 0) is 9.53 Å². The number of H-pyrrole nitrogens is 1. The van der Waals surface area contributed by atoms with Crippen LogP contribution in [-0.4, -0.2) is 22.5 Å². The molecule has 1 unspecified atom stereocenters. The number of carbonyl (C=O) groups excluding carboxylic acids is 1. The van der Waals surface area contributed by atoms with E-state index < -0.39 is 6.10 Å². The molecule has 0 spiro atoms. The molecule has 0 radical (unpaired) electrons. The zero-order chi connectivity index (χ0) is 15.6. The van der Waals surface area contributed by atoms with E-state index in [0.29, 0.717) is 6.47 Å². The third-order valence-corrected chi connectivity index (χ3v) is 3.91. The Bertz CT molecular complexity index is 658. The summed E-state index contributed by atoms with van der Waals surface area (Å²) in [6.45, 7) is 6.66. The van der Waals surface area contributed by atoms with Crippen molar-refractivity contribution in [3.8, 4) is 0 Å². The molecule has 0 amide bonds. The number of nitrogens with two attached hydrogens (primary N) is 1. The molecule has 2 atom stereocenters. The molecule has 21 heavy (non-hydrogen) atoms. The number of para-hydroxylation sites is 1. The lowest BCUT2D eigenvalue weighted by Crippen LogP contribution is -2.40. The lowest BCUT2D eigenvalue weighted by atomic mass is 9.73. The molecule has 0 aliphatic carbocycles. The van der Waals surface area contributed by atoms with Gasteiger partial charge in [0.2, 0.25) is 0 Å². The highest BCUT2D eigenvalue weighted by Gasteiger charge is 2.38. The minimum atomic E-state index is -0.628. The number of benzene rings is 1. The highest BCUT2D eigenvalue weighted by Crippen LogP contribution is 2.41. The van der Waals surface area contributed by atoms with E-state index in [0.717, 1.165) is 16.5 Å². The highest BCUT2D eigenvalue weighted by atomic mass is 32.1. The Morgan fingerprint density at radius 1 is 1.38 bits per heavy atom. The molecule has 2 aromatic rings. The summed E-state index contributed by atoms with van der Waals surface area (Å²) in [7, 11) is 0. The number of thiocarbonyl (C=S) groups is 1. The lowest BCUT2D eigenvalue weighted by molar-refractivity contribution is -0.132. The van der Waals surface area contributed by atoms with Crippen LogP contribution in [0.2, 0.25) is 0 Å². The van der Waals surface area contributed by atoms with Gasteiger partial charge in [-0.2, -0.15) is 0 Å². The van der Waals surface area contributed by atoms with Crippen LogP contribution >= 0.6 is 12.2 Å². The van der Waals surface area contributed by atoms with Crippen LogP contribution in [0.15, 0.2) is 30.5 Å². The molecule has 0 bridgehead atoms. The Hall–Kier alpha value is -1.88. The van der Waals surface area contributed by atoms with E-state index >= 15 is 0 Å². The molecule has 0 saturated heterocycles. The summed E-state index contributed by atoms with van der Waals surface area (Å²) < 4.78 is 5.20. The van der Waals surface area contributed by atoms with Crippen molar-refractivity contribution < 1.29 is 9.53 Å². The standard InChI is InChI=1S/C16H20N2O2S/c1-16(2,3)13(14(15(17)21)20-9-19)11-8-18-12-7-5-4-6-10(11)12/h4-9,13-14,18H,1-3H3,(H2,17,21)/t13?,14-/m0/s1. The van der Waals surface area contributed by atoms with Gasteiger partial charge >= 0.3 is 0 Å². The molecule has 112 valence electrons. The van der Waals surface area contributed by atoms with Gasteiger partial charge in [-0.25, -0.2) is 0 Å². The van der Waals surface area contributed by atoms with E-state index in [9.17, 15) is 4.79 Å². The van der Waals surface area contributed by atoms with Gasteiger partial charge in [0.25, 0.3) is 6.47 Å². The Balaban J connectivity index is 2.60. The number of hydrogen-bond donors (Lipinski definition) is 2. The molecule has 0 aliphatic rings. The highest BCUT2D eigenvalue weighted by molar-refractivity contribution is 7.80. The van der Waals surface area contributed by atoms with Crippen LogP contribution < -0.4 is 5.73 Å². The van der Waals surface area contributed by atoms with Gasteiger partial charge in [0.1, 0.15) is 4.99 Å². The van der Waals surface area contributed by atoms with Gasteiger partial charge in [-0.1, -0.05) is 51.2 Å². The van der Waals surface area contributed by atoms with Crippen molar-refractivity contribution in [3.63, 3.8) is 0 Å². The largest absolute Gasteiger partial charge is 0.457 e. The van der Waals surface area contributed by atoms with E-state index in [-0.39, 0.29) is 16.3 Å². The van der Waals surface area contributed by atoms with Crippen LogP contribution in [0.25, 0.3) is 10.9 Å². The maximum Gasteiger partial charge on any atom is 0.293 e. The fourth-order valence-corrected chi connectivity index (χ4v) is 3.00. The Morgan fingerprint density at radius 2 is 2.05 bits per heavy atom. The first-order valence-electron chi connectivity index (χ1n) is 6.80. The van der Waals surface area contributed by atoms with Crippen molar-refractivity contribution in [2.75, 3.05) is 0 Å². The van der Waals surface area contributed by atoms with E-state index in [1.165, 1.54) is 0 Å². The summed E-state index contributed by atoms with van der Waals surface area (Å²) in [5.74, 6) is -0.128. The maximum atomic E-state index is 10.8.